The van der Waals surface area contributed by atoms with Crippen molar-refractivity contribution >= 4 is 15.9 Å². The van der Waals surface area contributed by atoms with Gasteiger partial charge in [0.05, 0.1) is 41.5 Å². The van der Waals surface area contributed by atoms with Crippen molar-refractivity contribution in [1.82, 2.24) is 5.32 Å². The van der Waals surface area contributed by atoms with Crippen LogP contribution in [0.3, 0.4) is 0 Å². The van der Waals surface area contributed by atoms with E-state index in [9.17, 15) is 26.4 Å². The summed E-state index contributed by atoms with van der Waals surface area (Å²) in [7, 11) is -0.568. The van der Waals surface area contributed by atoms with Crippen LogP contribution >= 0.6 is 0 Å². The lowest BCUT2D eigenvalue weighted by Crippen LogP contribution is -2.51. The van der Waals surface area contributed by atoms with Crippen LogP contribution in [0.4, 0.5) is 13.2 Å². The van der Waals surface area contributed by atoms with Gasteiger partial charge in [-0.05, 0) is 51.4 Å². The fraction of sp³-hybridized carbons (Fsp3) is 0.955. The first kappa shape index (κ1) is 27.6. The van der Waals surface area contributed by atoms with Gasteiger partial charge in [0.15, 0.2) is 0 Å². The van der Waals surface area contributed by atoms with E-state index in [2.05, 4.69) is 5.32 Å². The molecule has 3 aliphatic rings. The molecule has 3 aliphatic carbocycles. The molecule has 8 unspecified atom stereocenters. The summed E-state index contributed by atoms with van der Waals surface area (Å²) in [4.78, 5) is 13.2. The van der Waals surface area contributed by atoms with E-state index in [4.69, 9.17) is 19.3 Å². The third-order valence-corrected chi connectivity index (χ3v) is 9.05. The summed E-state index contributed by atoms with van der Waals surface area (Å²) in [6.07, 6.45) is -2.70. The first-order valence-corrected chi connectivity index (χ1v) is 13.6. The molecule has 0 aromatic heterocycles. The average molecular weight is 515 g/mol. The lowest BCUT2D eigenvalue weighted by atomic mass is 9.78. The van der Waals surface area contributed by atoms with E-state index >= 15 is 0 Å². The van der Waals surface area contributed by atoms with Crippen LogP contribution in [-0.2, 0) is 29.0 Å². The summed E-state index contributed by atoms with van der Waals surface area (Å²) in [5, 5.41) is 7.44. The SMILES string of the molecule is COC1CCC(OC2CC(C(F)(F)F)CCC2C(=O)NC2CCCC(S(N)(=O)=O)C2)C(OC)C1. The molecule has 0 saturated heterocycles. The lowest BCUT2D eigenvalue weighted by Gasteiger charge is -2.42. The van der Waals surface area contributed by atoms with E-state index in [0.717, 1.165) is 0 Å². The largest absolute Gasteiger partial charge is 0.391 e. The Kier molecular flexibility index (Phi) is 9.27. The van der Waals surface area contributed by atoms with Gasteiger partial charge in [-0.15, -0.1) is 0 Å². The number of methoxy groups -OCH3 is 2. The Morgan fingerprint density at radius 2 is 1.65 bits per heavy atom. The highest BCUT2D eigenvalue weighted by Crippen LogP contribution is 2.42. The second-order valence-corrected chi connectivity index (χ2v) is 11.7. The zero-order valence-corrected chi connectivity index (χ0v) is 20.6. The summed E-state index contributed by atoms with van der Waals surface area (Å²) in [6.45, 7) is 0. The molecule has 34 heavy (non-hydrogen) atoms. The summed E-state index contributed by atoms with van der Waals surface area (Å²) < 4.78 is 81.2. The number of hydrogen-bond acceptors (Lipinski definition) is 6. The van der Waals surface area contributed by atoms with Gasteiger partial charge >= 0.3 is 6.18 Å². The summed E-state index contributed by atoms with van der Waals surface area (Å²) in [5.74, 6) is -2.66. The first-order valence-electron chi connectivity index (χ1n) is 12.0. The molecule has 198 valence electrons. The number of ether oxygens (including phenoxy) is 3. The van der Waals surface area contributed by atoms with Gasteiger partial charge in [0.25, 0.3) is 0 Å². The number of carbonyl (C=O) groups excluding carboxylic acids is 1. The predicted molar refractivity (Wildman–Crippen MR) is 118 cm³/mol. The van der Waals surface area contributed by atoms with Crippen molar-refractivity contribution < 1.29 is 40.6 Å². The maximum absolute atomic E-state index is 13.5. The minimum atomic E-state index is -4.36. The highest BCUT2D eigenvalue weighted by molar-refractivity contribution is 7.89. The van der Waals surface area contributed by atoms with Gasteiger partial charge in [-0.3, -0.25) is 4.79 Å². The number of hydrogen-bond donors (Lipinski definition) is 2. The Morgan fingerprint density at radius 3 is 2.26 bits per heavy atom. The topological polar surface area (TPSA) is 117 Å². The van der Waals surface area contributed by atoms with Crippen molar-refractivity contribution in [2.24, 2.45) is 17.0 Å². The minimum Gasteiger partial charge on any atom is -0.381 e. The summed E-state index contributed by atoms with van der Waals surface area (Å²) in [5.41, 5.74) is 0. The van der Waals surface area contributed by atoms with Crippen LogP contribution in [0.2, 0.25) is 0 Å². The van der Waals surface area contributed by atoms with Crippen molar-refractivity contribution in [3.63, 3.8) is 0 Å². The van der Waals surface area contributed by atoms with Gasteiger partial charge < -0.3 is 19.5 Å². The van der Waals surface area contributed by atoms with Gasteiger partial charge in [0.1, 0.15) is 0 Å². The number of nitrogens with two attached hydrogens (primary N) is 1. The van der Waals surface area contributed by atoms with Gasteiger partial charge in [-0.2, -0.15) is 13.2 Å². The second kappa shape index (κ2) is 11.4. The molecular formula is C22H37F3N2O6S. The summed E-state index contributed by atoms with van der Waals surface area (Å²) in [6, 6.07) is -0.380. The number of alkyl halides is 3. The number of rotatable bonds is 7. The molecule has 0 heterocycles. The number of amides is 1. The third kappa shape index (κ3) is 7.05. The Bertz CT molecular complexity index is 796. The molecule has 0 aromatic rings. The molecule has 8 nitrogen and oxygen atoms in total. The highest BCUT2D eigenvalue weighted by Gasteiger charge is 2.48. The molecule has 0 spiro atoms. The summed E-state index contributed by atoms with van der Waals surface area (Å²) >= 11 is 0. The van der Waals surface area contributed by atoms with E-state index in [1.807, 2.05) is 0 Å². The maximum atomic E-state index is 13.5. The molecule has 3 fully saturated rings. The van der Waals surface area contributed by atoms with E-state index in [0.29, 0.717) is 38.5 Å². The number of sulfonamides is 1. The zero-order valence-electron chi connectivity index (χ0n) is 19.8. The Labute approximate surface area is 199 Å². The molecule has 12 heteroatoms. The highest BCUT2D eigenvalue weighted by atomic mass is 32.2. The van der Waals surface area contributed by atoms with Crippen LogP contribution in [0.5, 0.6) is 0 Å². The van der Waals surface area contributed by atoms with Crippen LogP contribution in [0.15, 0.2) is 0 Å². The van der Waals surface area contributed by atoms with Crippen LogP contribution < -0.4 is 10.5 Å². The smallest absolute Gasteiger partial charge is 0.381 e. The minimum absolute atomic E-state index is 0.00348. The molecule has 0 bridgehead atoms. The normalized spacial score (nSPS) is 37.8. The molecule has 1 amide bonds. The molecule has 3 rings (SSSR count). The lowest BCUT2D eigenvalue weighted by molar-refractivity contribution is -0.210. The number of nitrogens with one attached hydrogen (secondary N) is 1. The van der Waals surface area contributed by atoms with E-state index in [1.165, 1.54) is 7.11 Å². The maximum Gasteiger partial charge on any atom is 0.391 e. The molecule has 3 saturated carbocycles. The second-order valence-electron chi connectivity index (χ2n) is 9.90. The number of halogens is 3. The zero-order chi connectivity index (χ0) is 25.1. The molecule has 0 aliphatic heterocycles. The van der Waals surface area contributed by atoms with Gasteiger partial charge in [-0.1, -0.05) is 6.42 Å². The Hall–Kier alpha value is -0.950. The van der Waals surface area contributed by atoms with Crippen LogP contribution in [-0.4, -0.2) is 70.4 Å². The van der Waals surface area contributed by atoms with Gasteiger partial charge in [-0.25, -0.2) is 13.6 Å². The van der Waals surface area contributed by atoms with E-state index in [1.54, 1.807) is 7.11 Å². The predicted octanol–water partition coefficient (Wildman–Crippen LogP) is 2.65. The standard InChI is InChI=1S/C22H37F3N2O6S/c1-31-15-7-9-18(20(12-15)32-2)33-19-10-13(22(23,24)25)6-8-17(19)21(28)27-14-4-3-5-16(11-14)34(26,29)30/h13-20H,3-12H2,1-2H3,(H,27,28)(H2,26,29,30). The molecule has 8 atom stereocenters. The van der Waals surface area contributed by atoms with Crippen molar-refractivity contribution in [3.05, 3.63) is 0 Å². The quantitative estimate of drug-likeness (QED) is 0.540. The van der Waals surface area contributed by atoms with Crippen molar-refractivity contribution in [2.75, 3.05) is 14.2 Å². The number of primary sulfonamides is 1. The van der Waals surface area contributed by atoms with Crippen LogP contribution in [0, 0.1) is 11.8 Å². The Morgan fingerprint density at radius 1 is 0.912 bits per heavy atom. The van der Waals surface area contributed by atoms with Gasteiger partial charge in [0, 0.05) is 26.7 Å². The monoisotopic (exact) mass is 514 g/mol. The molecular weight excluding hydrogens is 477 g/mol. The van der Waals surface area contributed by atoms with Crippen molar-refractivity contribution in [1.29, 1.82) is 0 Å². The van der Waals surface area contributed by atoms with Gasteiger partial charge in [0.2, 0.25) is 15.9 Å². The van der Waals surface area contributed by atoms with Crippen molar-refractivity contribution in [2.45, 2.75) is 106 Å². The van der Waals surface area contributed by atoms with Crippen molar-refractivity contribution in [3.8, 4) is 0 Å². The fourth-order valence-electron chi connectivity index (χ4n) is 5.67. The molecule has 0 aromatic carbocycles. The third-order valence-electron chi connectivity index (χ3n) is 7.70. The van der Waals surface area contributed by atoms with Crippen LogP contribution in [0.25, 0.3) is 0 Å². The van der Waals surface area contributed by atoms with E-state index in [-0.39, 0.29) is 49.8 Å². The average Bonchev–Trinajstić information content (AvgIpc) is 2.78. The number of carbonyl (C=O) groups is 1. The van der Waals surface area contributed by atoms with E-state index < -0.39 is 45.5 Å². The fourth-order valence-corrected chi connectivity index (χ4v) is 6.66. The molecule has 0 radical (unpaired) electrons. The Balaban J connectivity index is 1.70. The van der Waals surface area contributed by atoms with Crippen LogP contribution in [0.1, 0.15) is 64.2 Å². The molecule has 3 N–H and O–H groups in total. The first-order chi connectivity index (χ1) is 15.9.